The minimum absolute atomic E-state index is 0.355. The third-order valence-corrected chi connectivity index (χ3v) is 4.05. The van der Waals surface area contributed by atoms with Gasteiger partial charge in [0, 0.05) is 12.0 Å². The molecule has 2 aliphatic rings. The zero-order chi connectivity index (χ0) is 13.1. The predicted molar refractivity (Wildman–Crippen MR) is 75.2 cm³/mol. The molecule has 1 aromatic carbocycles. The lowest BCUT2D eigenvalue weighted by Crippen LogP contribution is -2.41. The Hall–Kier alpha value is -1.48. The number of nitrogens with one attached hydrogen (secondary N) is 1. The Labute approximate surface area is 114 Å². The summed E-state index contributed by atoms with van der Waals surface area (Å²) in [6.45, 7) is 1.63. The number of hydrogen-bond acceptors (Lipinski definition) is 3. The van der Waals surface area contributed by atoms with Crippen molar-refractivity contribution in [2.75, 3.05) is 20.3 Å². The number of hydrogen-bond donors (Lipinski definition) is 1. The first-order valence-electron chi connectivity index (χ1n) is 7.07. The van der Waals surface area contributed by atoms with E-state index in [1.165, 1.54) is 11.1 Å². The summed E-state index contributed by atoms with van der Waals surface area (Å²) in [6, 6.07) is 8.70. The van der Waals surface area contributed by atoms with Gasteiger partial charge in [0.2, 0.25) is 0 Å². The van der Waals surface area contributed by atoms with Gasteiger partial charge in [-0.2, -0.15) is 0 Å². The summed E-state index contributed by atoms with van der Waals surface area (Å²) in [6.07, 6.45) is 5.27. The van der Waals surface area contributed by atoms with E-state index in [9.17, 15) is 0 Å². The largest absolute Gasteiger partial charge is 0.501 e. The molecule has 0 amide bonds. The zero-order valence-corrected chi connectivity index (χ0v) is 11.4. The summed E-state index contributed by atoms with van der Waals surface area (Å²) < 4.78 is 11.4. The van der Waals surface area contributed by atoms with Gasteiger partial charge in [0.1, 0.15) is 5.75 Å². The van der Waals surface area contributed by atoms with Gasteiger partial charge in [-0.3, -0.25) is 0 Å². The smallest absolute Gasteiger partial charge is 0.122 e. The Morgan fingerprint density at radius 1 is 1.32 bits per heavy atom. The first kappa shape index (κ1) is 12.5. The van der Waals surface area contributed by atoms with Crippen molar-refractivity contribution >= 4 is 0 Å². The van der Waals surface area contributed by atoms with Gasteiger partial charge >= 0.3 is 0 Å². The van der Waals surface area contributed by atoms with E-state index in [1.807, 2.05) is 19.4 Å². The van der Waals surface area contributed by atoms with Crippen LogP contribution < -0.4 is 10.1 Å². The topological polar surface area (TPSA) is 30.5 Å². The van der Waals surface area contributed by atoms with E-state index in [0.29, 0.717) is 12.0 Å². The molecule has 0 bridgehead atoms. The van der Waals surface area contributed by atoms with Gasteiger partial charge in [-0.1, -0.05) is 18.2 Å². The number of benzene rings is 1. The van der Waals surface area contributed by atoms with Gasteiger partial charge in [-0.05, 0) is 43.5 Å². The highest BCUT2D eigenvalue weighted by Gasteiger charge is 2.29. The van der Waals surface area contributed by atoms with Crippen LogP contribution in [0.3, 0.4) is 0 Å². The number of ether oxygens (including phenoxy) is 2. The molecule has 3 rings (SSSR count). The van der Waals surface area contributed by atoms with E-state index >= 15 is 0 Å². The van der Waals surface area contributed by atoms with Crippen molar-refractivity contribution in [3.8, 4) is 5.75 Å². The van der Waals surface area contributed by atoms with Gasteiger partial charge in [0.05, 0.1) is 19.5 Å². The highest BCUT2D eigenvalue weighted by atomic mass is 16.5. The van der Waals surface area contributed by atoms with E-state index < -0.39 is 0 Å². The van der Waals surface area contributed by atoms with Crippen LogP contribution in [0.1, 0.15) is 18.4 Å². The molecule has 2 aliphatic heterocycles. The molecule has 2 heterocycles. The summed E-state index contributed by atoms with van der Waals surface area (Å²) in [7, 11) is 2.03. The van der Waals surface area contributed by atoms with Crippen molar-refractivity contribution in [1.29, 1.82) is 0 Å². The average Bonchev–Trinajstić information content (AvgIpc) is 2.49. The molecule has 1 N–H and O–H groups in total. The Bertz CT molecular complexity index is 470. The maximum atomic E-state index is 5.90. The first-order valence-corrected chi connectivity index (χ1v) is 7.07. The summed E-state index contributed by atoms with van der Waals surface area (Å²) in [4.78, 5) is 0. The van der Waals surface area contributed by atoms with Crippen molar-refractivity contribution in [1.82, 2.24) is 5.32 Å². The van der Waals surface area contributed by atoms with Crippen molar-refractivity contribution in [3.05, 3.63) is 41.7 Å². The fourth-order valence-electron chi connectivity index (χ4n) is 3.10. The Balaban J connectivity index is 1.77. The molecule has 0 radical (unpaired) electrons. The van der Waals surface area contributed by atoms with Crippen molar-refractivity contribution in [2.24, 2.45) is 5.92 Å². The quantitative estimate of drug-likeness (QED) is 0.905. The first-order chi connectivity index (χ1) is 9.38. The van der Waals surface area contributed by atoms with Crippen LogP contribution in [0.15, 0.2) is 36.1 Å². The fourth-order valence-corrected chi connectivity index (χ4v) is 3.10. The third-order valence-electron chi connectivity index (χ3n) is 4.05. The standard InChI is InChI=1S/C16H21NO2/c1-17-16(13-6-4-8-18-10-13)14-9-12-5-2-3-7-15(12)19-11-14/h2-3,5,7,10,14,16-17H,4,6,8-9,11H2,1H3. The molecule has 0 fully saturated rings. The highest BCUT2D eigenvalue weighted by Crippen LogP contribution is 2.31. The molecule has 102 valence electrons. The van der Waals surface area contributed by atoms with E-state index in [-0.39, 0.29) is 0 Å². The number of para-hydroxylation sites is 1. The Kier molecular flexibility index (Phi) is 3.74. The second-order valence-corrected chi connectivity index (χ2v) is 5.32. The lowest BCUT2D eigenvalue weighted by atomic mass is 9.85. The molecule has 2 atom stereocenters. The van der Waals surface area contributed by atoms with E-state index in [4.69, 9.17) is 9.47 Å². The summed E-state index contributed by atoms with van der Waals surface area (Å²) in [5.41, 5.74) is 2.69. The van der Waals surface area contributed by atoms with Gasteiger partial charge in [0.25, 0.3) is 0 Å². The molecule has 0 aromatic heterocycles. The maximum absolute atomic E-state index is 5.90. The number of fused-ring (bicyclic) bond motifs is 1. The molecular weight excluding hydrogens is 238 g/mol. The Morgan fingerprint density at radius 3 is 3.00 bits per heavy atom. The van der Waals surface area contributed by atoms with Crippen LogP contribution in [0.2, 0.25) is 0 Å². The number of rotatable bonds is 3. The third kappa shape index (κ3) is 2.61. The van der Waals surface area contributed by atoms with Crippen LogP contribution in [0.4, 0.5) is 0 Å². The van der Waals surface area contributed by atoms with Gasteiger partial charge < -0.3 is 14.8 Å². The molecular formula is C16H21NO2. The van der Waals surface area contributed by atoms with Crippen LogP contribution in [0, 0.1) is 5.92 Å². The fraction of sp³-hybridized carbons (Fsp3) is 0.500. The second-order valence-electron chi connectivity index (χ2n) is 5.32. The van der Waals surface area contributed by atoms with Crippen molar-refractivity contribution in [3.63, 3.8) is 0 Å². The number of likely N-dealkylation sites (N-methyl/N-ethyl adjacent to an activating group) is 1. The van der Waals surface area contributed by atoms with Crippen molar-refractivity contribution < 1.29 is 9.47 Å². The maximum Gasteiger partial charge on any atom is 0.122 e. The SMILES string of the molecule is CNC(C1=COCCC1)C1COc2ccccc2C1. The molecule has 3 heteroatoms. The predicted octanol–water partition coefficient (Wildman–Crippen LogP) is 2.52. The van der Waals surface area contributed by atoms with E-state index in [1.54, 1.807) is 0 Å². The van der Waals surface area contributed by atoms with Gasteiger partial charge in [-0.25, -0.2) is 0 Å². The van der Waals surface area contributed by atoms with Gasteiger partial charge in [0.15, 0.2) is 0 Å². The molecule has 3 nitrogen and oxygen atoms in total. The van der Waals surface area contributed by atoms with E-state index in [0.717, 1.165) is 38.2 Å². The van der Waals surface area contributed by atoms with Crippen LogP contribution in [-0.2, 0) is 11.2 Å². The van der Waals surface area contributed by atoms with Crippen LogP contribution in [0.25, 0.3) is 0 Å². The molecule has 2 unspecified atom stereocenters. The molecule has 0 spiro atoms. The molecule has 0 saturated heterocycles. The highest BCUT2D eigenvalue weighted by molar-refractivity contribution is 5.35. The zero-order valence-electron chi connectivity index (χ0n) is 11.4. The average molecular weight is 259 g/mol. The molecule has 19 heavy (non-hydrogen) atoms. The van der Waals surface area contributed by atoms with Crippen molar-refractivity contribution in [2.45, 2.75) is 25.3 Å². The van der Waals surface area contributed by atoms with E-state index in [2.05, 4.69) is 23.5 Å². The van der Waals surface area contributed by atoms with Crippen LogP contribution in [-0.4, -0.2) is 26.3 Å². The minimum Gasteiger partial charge on any atom is -0.501 e. The summed E-state index contributed by atoms with van der Waals surface area (Å²) in [5, 5.41) is 3.44. The lowest BCUT2D eigenvalue weighted by molar-refractivity contribution is 0.181. The molecule has 0 saturated carbocycles. The normalized spacial score (nSPS) is 23.6. The summed E-state index contributed by atoms with van der Waals surface area (Å²) >= 11 is 0. The second kappa shape index (κ2) is 5.66. The molecule has 0 aliphatic carbocycles. The lowest BCUT2D eigenvalue weighted by Gasteiger charge is -2.33. The van der Waals surface area contributed by atoms with Gasteiger partial charge in [-0.15, -0.1) is 0 Å². The Morgan fingerprint density at radius 2 is 2.21 bits per heavy atom. The monoisotopic (exact) mass is 259 g/mol. The van der Waals surface area contributed by atoms with Crippen LogP contribution >= 0.6 is 0 Å². The minimum atomic E-state index is 0.355. The molecule has 1 aromatic rings. The summed E-state index contributed by atoms with van der Waals surface area (Å²) in [5.74, 6) is 1.52. The van der Waals surface area contributed by atoms with Crippen LogP contribution in [0.5, 0.6) is 5.75 Å².